The average Bonchev–Trinajstić information content (AvgIpc) is 2.32. The van der Waals surface area contributed by atoms with E-state index in [0.717, 1.165) is 4.90 Å². The number of amides is 3. The summed E-state index contributed by atoms with van der Waals surface area (Å²) < 4.78 is 0. The first-order chi connectivity index (χ1) is 8.86. The normalized spacial score (nSPS) is 9.58. The summed E-state index contributed by atoms with van der Waals surface area (Å²) in [6.07, 6.45) is 0.624. The van der Waals surface area contributed by atoms with Crippen LogP contribution in [0.15, 0.2) is 0 Å². The summed E-state index contributed by atoms with van der Waals surface area (Å²) in [6.45, 7) is 2.51. The van der Waals surface area contributed by atoms with Gasteiger partial charge in [-0.3, -0.25) is 19.2 Å². The third-order valence-electron chi connectivity index (χ3n) is 2.11. The van der Waals surface area contributed by atoms with E-state index in [1.807, 2.05) is 6.92 Å². The predicted molar refractivity (Wildman–Crippen MR) is 66.2 cm³/mol. The Morgan fingerprint density at radius 3 is 2.21 bits per heavy atom. The maximum absolute atomic E-state index is 11.7. The molecule has 0 heterocycles. The van der Waals surface area contributed by atoms with Gasteiger partial charge in [-0.25, -0.2) is 0 Å². The Labute approximate surface area is 111 Å². The number of nitrogens with zero attached hydrogens (tertiary/aromatic N) is 1. The average molecular weight is 273 g/mol. The van der Waals surface area contributed by atoms with Crippen LogP contribution in [0.3, 0.4) is 0 Å². The predicted octanol–water partition coefficient (Wildman–Crippen LogP) is -1.44. The molecule has 8 nitrogen and oxygen atoms in total. The van der Waals surface area contributed by atoms with E-state index in [4.69, 9.17) is 5.11 Å². The molecule has 0 radical (unpaired) electrons. The highest BCUT2D eigenvalue weighted by molar-refractivity contribution is 5.88. The molecule has 0 fully saturated rings. The zero-order chi connectivity index (χ0) is 14.8. The molecule has 0 bridgehead atoms. The number of hydrogen-bond acceptors (Lipinski definition) is 4. The van der Waals surface area contributed by atoms with E-state index in [1.165, 1.54) is 6.92 Å². The van der Waals surface area contributed by atoms with Gasteiger partial charge in [0.1, 0.15) is 6.54 Å². The number of hydrogen-bond donors (Lipinski definition) is 3. The van der Waals surface area contributed by atoms with Crippen molar-refractivity contribution < 1.29 is 24.3 Å². The Bertz CT molecular complexity index is 356. The second kappa shape index (κ2) is 8.90. The van der Waals surface area contributed by atoms with Crippen LogP contribution < -0.4 is 10.6 Å². The molecule has 0 aliphatic rings. The molecule has 108 valence electrons. The fraction of sp³-hybridized carbons (Fsp3) is 0.636. The van der Waals surface area contributed by atoms with Crippen molar-refractivity contribution in [2.24, 2.45) is 0 Å². The Kier molecular flexibility index (Phi) is 7.90. The van der Waals surface area contributed by atoms with Crippen LogP contribution in [0, 0.1) is 0 Å². The number of carboxylic acid groups (broad SMARTS) is 1. The first kappa shape index (κ1) is 16.9. The van der Waals surface area contributed by atoms with Crippen LogP contribution in [0.25, 0.3) is 0 Å². The molecule has 0 aliphatic carbocycles. The van der Waals surface area contributed by atoms with Crippen molar-refractivity contribution >= 4 is 23.7 Å². The Morgan fingerprint density at radius 1 is 1.11 bits per heavy atom. The SMILES string of the molecule is CCCN(CC(=O)O)C(=O)CNC(=O)CNC(C)=O. The monoisotopic (exact) mass is 273 g/mol. The minimum Gasteiger partial charge on any atom is -0.480 e. The van der Waals surface area contributed by atoms with Gasteiger partial charge in [0, 0.05) is 13.5 Å². The van der Waals surface area contributed by atoms with Gasteiger partial charge in [-0.15, -0.1) is 0 Å². The smallest absolute Gasteiger partial charge is 0.323 e. The van der Waals surface area contributed by atoms with Gasteiger partial charge in [-0.1, -0.05) is 6.92 Å². The quantitative estimate of drug-likeness (QED) is 0.501. The second-order valence-corrected chi connectivity index (χ2v) is 3.90. The van der Waals surface area contributed by atoms with E-state index < -0.39 is 24.3 Å². The summed E-state index contributed by atoms with van der Waals surface area (Å²) in [6, 6.07) is 0. The van der Waals surface area contributed by atoms with Crippen molar-refractivity contribution in [3.8, 4) is 0 Å². The fourth-order valence-electron chi connectivity index (χ4n) is 1.28. The Hall–Kier alpha value is -2.12. The zero-order valence-corrected chi connectivity index (χ0v) is 11.1. The molecule has 0 aromatic rings. The lowest BCUT2D eigenvalue weighted by Crippen LogP contribution is -2.45. The number of aliphatic carboxylic acids is 1. The minimum atomic E-state index is -1.11. The maximum atomic E-state index is 11.7. The largest absolute Gasteiger partial charge is 0.480 e. The van der Waals surface area contributed by atoms with E-state index in [2.05, 4.69) is 10.6 Å². The minimum absolute atomic E-state index is 0.213. The molecule has 19 heavy (non-hydrogen) atoms. The van der Waals surface area contributed by atoms with Crippen LogP contribution in [0.5, 0.6) is 0 Å². The topological polar surface area (TPSA) is 116 Å². The molecule has 0 unspecified atom stereocenters. The lowest BCUT2D eigenvalue weighted by Gasteiger charge is -2.20. The third kappa shape index (κ3) is 8.58. The summed E-state index contributed by atoms with van der Waals surface area (Å²) in [4.78, 5) is 45.2. The van der Waals surface area contributed by atoms with Crippen molar-refractivity contribution in [1.82, 2.24) is 15.5 Å². The van der Waals surface area contributed by atoms with Crippen LogP contribution in [-0.2, 0) is 19.2 Å². The van der Waals surface area contributed by atoms with E-state index in [1.54, 1.807) is 0 Å². The van der Waals surface area contributed by atoms with Crippen molar-refractivity contribution in [1.29, 1.82) is 0 Å². The molecule has 0 atom stereocenters. The van der Waals surface area contributed by atoms with E-state index >= 15 is 0 Å². The highest BCUT2D eigenvalue weighted by Gasteiger charge is 2.16. The highest BCUT2D eigenvalue weighted by atomic mass is 16.4. The van der Waals surface area contributed by atoms with Crippen LogP contribution in [0.2, 0.25) is 0 Å². The van der Waals surface area contributed by atoms with Crippen molar-refractivity contribution in [3.05, 3.63) is 0 Å². The lowest BCUT2D eigenvalue weighted by molar-refractivity contribution is -0.144. The number of nitrogens with one attached hydrogen (secondary N) is 2. The number of carboxylic acids is 1. The molecule has 0 aromatic heterocycles. The molecule has 8 heteroatoms. The standard InChI is InChI=1S/C11H19N3O5/c1-3-4-14(7-11(18)19)10(17)6-13-9(16)5-12-8(2)15/h3-7H2,1-2H3,(H,12,15)(H,13,16)(H,18,19). The van der Waals surface area contributed by atoms with Gasteiger partial charge in [0.15, 0.2) is 0 Å². The van der Waals surface area contributed by atoms with Crippen LogP contribution in [-0.4, -0.2) is 59.9 Å². The number of carbonyl (C=O) groups is 4. The van der Waals surface area contributed by atoms with Gasteiger partial charge in [-0.2, -0.15) is 0 Å². The number of carbonyl (C=O) groups excluding carboxylic acids is 3. The lowest BCUT2D eigenvalue weighted by atomic mass is 10.3. The molecular formula is C11H19N3O5. The van der Waals surface area contributed by atoms with Crippen molar-refractivity contribution in [2.45, 2.75) is 20.3 Å². The van der Waals surface area contributed by atoms with Gasteiger partial charge < -0.3 is 20.6 Å². The van der Waals surface area contributed by atoms with Crippen molar-refractivity contribution in [2.75, 3.05) is 26.2 Å². The third-order valence-corrected chi connectivity index (χ3v) is 2.11. The van der Waals surface area contributed by atoms with Crippen LogP contribution in [0.1, 0.15) is 20.3 Å². The van der Waals surface area contributed by atoms with Crippen LogP contribution >= 0.6 is 0 Å². The van der Waals surface area contributed by atoms with Gasteiger partial charge in [-0.05, 0) is 6.42 Å². The molecule has 0 saturated heterocycles. The summed E-state index contributed by atoms with van der Waals surface area (Å²) in [5.41, 5.74) is 0. The first-order valence-corrected chi connectivity index (χ1v) is 5.87. The second-order valence-electron chi connectivity index (χ2n) is 3.90. The van der Waals surface area contributed by atoms with E-state index in [0.29, 0.717) is 13.0 Å². The van der Waals surface area contributed by atoms with Crippen LogP contribution in [0.4, 0.5) is 0 Å². The molecule has 0 saturated carbocycles. The first-order valence-electron chi connectivity index (χ1n) is 5.87. The van der Waals surface area contributed by atoms with Gasteiger partial charge in [0.25, 0.3) is 0 Å². The summed E-state index contributed by atoms with van der Waals surface area (Å²) in [7, 11) is 0. The van der Waals surface area contributed by atoms with Gasteiger partial charge in [0.2, 0.25) is 17.7 Å². The maximum Gasteiger partial charge on any atom is 0.323 e. The summed E-state index contributed by atoms with van der Waals surface area (Å²) >= 11 is 0. The van der Waals surface area contributed by atoms with E-state index in [9.17, 15) is 19.2 Å². The van der Waals surface area contributed by atoms with Gasteiger partial charge in [0.05, 0.1) is 13.1 Å². The molecule has 0 rings (SSSR count). The molecule has 0 aliphatic heterocycles. The van der Waals surface area contributed by atoms with Crippen molar-refractivity contribution in [3.63, 3.8) is 0 Å². The molecular weight excluding hydrogens is 254 g/mol. The summed E-state index contributed by atoms with van der Waals surface area (Å²) in [5.74, 6) is -2.43. The van der Waals surface area contributed by atoms with E-state index in [-0.39, 0.29) is 19.0 Å². The highest BCUT2D eigenvalue weighted by Crippen LogP contribution is 1.92. The molecule has 0 aromatic carbocycles. The zero-order valence-electron chi connectivity index (χ0n) is 11.1. The Morgan fingerprint density at radius 2 is 1.74 bits per heavy atom. The molecule has 3 N–H and O–H groups in total. The fourth-order valence-corrected chi connectivity index (χ4v) is 1.28. The summed E-state index contributed by atoms with van der Waals surface area (Å²) in [5, 5.41) is 13.3. The number of rotatable bonds is 8. The molecule has 3 amide bonds. The Balaban J connectivity index is 4.14. The molecule has 0 spiro atoms. The van der Waals surface area contributed by atoms with Gasteiger partial charge >= 0.3 is 5.97 Å².